The first-order valence-corrected chi connectivity index (χ1v) is 9.15. The summed E-state index contributed by atoms with van der Waals surface area (Å²) in [6, 6.07) is 8.18. The van der Waals surface area contributed by atoms with Crippen molar-refractivity contribution in [1.29, 1.82) is 0 Å². The second-order valence-corrected chi connectivity index (χ2v) is 8.79. The minimum atomic E-state index is -3.29. The predicted molar refractivity (Wildman–Crippen MR) is 84.3 cm³/mol. The summed E-state index contributed by atoms with van der Waals surface area (Å²) in [5.41, 5.74) is 1.31. The van der Waals surface area contributed by atoms with Gasteiger partial charge in [0.15, 0.2) is 9.84 Å². The minimum Gasteiger partial charge on any atom is -0.321 e. The molecule has 0 saturated heterocycles. The van der Waals surface area contributed by atoms with Crippen LogP contribution in [0.3, 0.4) is 0 Å². The molecule has 4 nitrogen and oxygen atoms in total. The molecule has 106 valence electrons. The lowest BCUT2D eigenvalue weighted by Gasteiger charge is -2.09. The lowest BCUT2D eigenvalue weighted by molar-refractivity contribution is 0.103. The first-order chi connectivity index (χ1) is 9.27. The average molecular weight is 374 g/mol. The smallest absolute Gasteiger partial charge is 0.265 e. The quantitative estimate of drug-likeness (QED) is 0.895. The van der Waals surface area contributed by atoms with E-state index in [4.69, 9.17) is 0 Å². The molecule has 0 aliphatic heterocycles. The molecule has 0 bridgehead atoms. The number of carbonyl (C=O) groups is 1. The Morgan fingerprint density at radius 1 is 1.25 bits per heavy atom. The largest absolute Gasteiger partial charge is 0.321 e. The number of benzene rings is 1. The molecule has 2 aromatic rings. The van der Waals surface area contributed by atoms with Gasteiger partial charge in [0.25, 0.3) is 5.91 Å². The van der Waals surface area contributed by atoms with Gasteiger partial charge < -0.3 is 5.32 Å². The Hall–Kier alpha value is -1.18. The molecule has 0 spiro atoms. The summed E-state index contributed by atoms with van der Waals surface area (Å²) in [6.07, 6.45) is 1.14. The zero-order valence-corrected chi connectivity index (χ0v) is 14.0. The summed E-state index contributed by atoms with van der Waals surface area (Å²) in [4.78, 5) is 12.8. The third kappa shape index (κ3) is 3.47. The predicted octanol–water partition coefficient (Wildman–Crippen LogP) is 3.47. The van der Waals surface area contributed by atoms with E-state index in [1.807, 2.05) is 6.92 Å². The van der Waals surface area contributed by atoms with Crippen LogP contribution in [0.1, 0.15) is 15.2 Å². The summed E-state index contributed by atoms with van der Waals surface area (Å²) in [5, 5.41) is 2.74. The maximum absolute atomic E-state index is 12.1. The molecule has 1 amide bonds. The molecule has 20 heavy (non-hydrogen) atoms. The van der Waals surface area contributed by atoms with Gasteiger partial charge in [0.1, 0.15) is 0 Å². The van der Waals surface area contributed by atoms with Crippen LogP contribution in [0.2, 0.25) is 0 Å². The summed E-state index contributed by atoms with van der Waals surface area (Å²) in [5.74, 6) is -0.255. The van der Waals surface area contributed by atoms with Crippen molar-refractivity contribution in [1.82, 2.24) is 0 Å². The van der Waals surface area contributed by atoms with E-state index in [-0.39, 0.29) is 10.8 Å². The number of halogens is 1. The van der Waals surface area contributed by atoms with E-state index in [9.17, 15) is 13.2 Å². The number of thiophene rings is 1. The van der Waals surface area contributed by atoms with Crippen LogP contribution < -0.4 is 5.32 Å². The van der Waals surface area contributed by atoms with Gasteiger partial charge >= 0.3 is 0 Å². The highest BCUT2D eigenvalue weighted by molar-refractivity contribution is 9.11. The maximum atomic E-state index is 12.1. The highest BCUT2D eigenvalue weighted by atomic mass is 79.9. The summed E-state index contributed by atoms with van der Waals surface area (Å²) in [6.45, 7) is 1.81. The standard InChI is InChI=1S/C13H12BrNO3S2/c1-8-3-4-9(20(2,17)18)7-10(8)15-13(16)11-5-6-12(14)19-11/h3-7H,1-2H3,(H,15,16). The number of amides is 1. The molecule has 7 heteroatoms. The van der Waals surface area contributed by atoms with Gasteiger partial charge in [0.2, 0.25) is 0 Å². The zero-order valence-electron chi connectivity index (χ0n) is 10.8. The van der Waals surface area contributed by atoms with E-state index >= 15 is 0 Å². The third-order valence-corrected chi connectivity index (χ3v) is 5.42. The van der Waals surface area contributed by atoms with Crippen LogP contribution in [-0.4, -0.2) is 20.6 Å². The number of nitrogens with one attached hydrogen (secondary N) is 1. The van der Waals surface area contributed by atoms with Gasteiger partial charge in [-0.1, -0.05) is 6.07 Å². The normalized spacial score (nSPS) is 11.3. The van der Waals surface area contributed by atoms with Crippen molar-refractivity contribution in [2.45, 2.75) is 11.8 Å². The molecular weight excluding hydrogens is 362 g/mol. The molecule has 1 N–H and O–H groups in total. The van der Waals surface area contributed by atoms with Gasteiger partial charge in [-0.3, -0.25) is 4.79 Å². The molecule has 0 aliphatic carbocycles. The fourth-order valence-corrected chi connectivity index (χ4v) is 3.52. The summed E-state index contributed by atoms with van der Waals surface area (Å²) >= 11 is 4.61. The van der Waals surface area contributed by atoms with Gasteiger partial charge in [-0.05, 0) is 52.7 Å². The number of sulfone groups is 1. The van der Waals surface area contributed by atoms with Crippen LogP contribution in [0.5, 0.6) is 0 Å². The number of carbonyl (C=O) groups excluding carboxylic acids is 1. The summed E-state index contributed by atoms with van der Waals surface area (Å²) < 4.78 is 23.9. The van der Waals surface area contributed by atoms with Gasteiger partial charge in [-0.2, -0.15) is 0 Å². The maximum Gasteiger partial charge on any atom is 0.265 e. The van der Waals surface area contributed by atoms with Crippen LogP contribution >= 0.6 is 27.3 Å². The Bertz CT molecular complexity index is 766. The molecule has 0 atom stereocenters. The van der Waals surface area contributed by atoms with Crippen LogP contribution in [-0.2, 0) is 9.84 Å². The highest BCUT2D eigenvalue weighted by Gasteiger charge is 2.13. The minimum absolute atomic E-state index is 0.186. The number of rotatable bonds is 3. The number of anilines is 1. The van der Waals surface area contributed by atoms with E-state index in [0.717, 1.165) is 15.6 Å². The third-order valence-electron chi connectivity index (χ3n) is 2.68. The van der Waals surface area contributed by atoms with Gasteiger partial charge in [0, 0.05) is 11.9 Å². The van der Waals surface area contributed by atoms with Crippen molar-refractivity contribution in [3.8, 4) is 0 Å². The molecule has 0 aliphatic rings. The van der Waals surface area contributed by atoms with Crippen LogP contribution in [0.25, 0.3) is 0 Å². The topological polar surface area (TPSA) is 63.2 Å². The van der Waals surface area contributed by atoms with Crippen LogP contribution in [0.15, 0.2) is 39.0 Å². The van der Waals surface area contributed by atoms with Crippen molar-refractivity contribution in [2.75, 3.05) is 11.6 Å². The fourth-order valence-electron chi connectivity index (χ4n) is 1.59. The van der Waals surface area contributed by atoms with Crippen LogP contribution in [0.4, 0.5) is 5.69 Å². The number of hydrogen-bond acceptors (Lipinski definition) is 4. The average Bonchev–Trinajstić information content (AvgIpc) is 2.77. The van der Waals surface area contributed by atoms with Crippen molar-refractivity contribution in [3.63, 3.8) is 0 Å². The van der Waals surface area contributed by atoms with E-state index < -0.39 is 9.84 Å². The van der Waals surface area contributed by atoms with E-state index in [1.165, 1.54) is 23.5 Å². The Labute approximate surface area is 129 Å². The van der Waals surface area contributed by atoms with Gasteiger partial charge in [-0.25, -0.2) is 8.42 Å². The zero-order chi connectivity index (χ0) is 14.9. The highest BCUT2D eigenvalue weighted by Crippen LogP contribution is 2.25. The van der Waals surface area contributed by atoms with E-state index in [2.05, 4.69) is 21.2 Å². The lowest BCUT2D eigenvalue weighted by Crippen LogP contribution is -2.12. The molecule has 0 fully saturated rings. The van der Waals surface area contributed by atoms with Gasteiger partial charge in [0.05, 0.1) is 13.6 Å². The monoisotopic (exact) mass is 373 g/mol. The van der Waals surface area contributed by atoms with E-state index in [0.29, 0.717) is 10.6 Å². The Balaban J connectivity index is 2.31. The Morgan fingerprint density at radius 2 is 1.95 bits per heavy atom. The molecule has 1 aromatic carbocycles. The van der Waals surface area contributed by atoms with Gasteiger partial charge in [-0.15, -0.1) is 11.3 Å². The van der Waals surface area contributed by atoms with Crippen molar-refractivity contribution in [2.24, 2.45) is 0 Å². The van der Waals surface area contributed by atoms with E-state index in [1.54, 1.807) is 18.2 Å². The fraction of sp³-hybridized carbons (Fsp3) is 0.154. The number of hydrogen-bond donors (Lipinski definition) is 1. The van der Waals surface area contributed by atoms with Crippen molar-refractivity contribution in [3.05, 3.63) is 44.6 Å². The second kappa shape index (κ2) is 5.67. The lowest BCUT2D eigenvalue weighted by atomic mass is 10.2. The SMILES string of the molecule is Cc1ccc(S(C)(=O)=O)cc1NC(=O)c1ccc(Br)s1. The molecule has 0 unspecified atom stereocenters. The molecule has 0 radical (unpaired) electrons. The Morgan fingerprint density at radius 3 is 2.50 bits per heavy atom. The number of aryl methyl sites for hydroxylation is 1. The molecule has 1 aromatic heterocycles. The molecule has 2 rings (SSSR count). The molecule has 1 heterocycles. The summed E-state index contributed by atoms with van der Waals surface area (Å²) in [7, 11) is -3.29. The van der Waals surface area contributed by atoms with Crippen LogP contribution in [0, 0.1) is 6.92 Å². The first-order valence-electron chi connectivity index (χ1n) is 5.65. The first kappa shape index (κ1) is 15.2. The molecular formula is C13H12BrNO3S2. The molecule has 0 saturated carbocycles. The second-order valence-electron chi connectivity index (χ2n) is 4.31. The van der Waals surface area contributed by atoms with Crippen molar-refractivity contribution >= 4 is 48.7 Å². The van der Waals surface area contributed by atoms with Crippen molar-refractivity contribution < 1.29 is 13.2 Å². The Kier molecular flexibility index (Phi) is 4.31.